The SMILES string of the molecule is Cn1nnc(Br)c1C(O)c1cncc(F)c1. The van der Waals surface area contributed by atoms with Crippen molar-refractivity contribution in [2.45, 2.75) is 6.10 Å². The summed E-state index contributed by atoms with van der Waals surface area (Å²) in [5, 5.41) is 17.5. The number of nitrogens with zero attached hydrogens (tertiary/aromatic N) is 4. The third-order valence-electron chi connectivity index (χ3n) is 2.13. The molecule has 84 valence electrons. The van der Waals surface area contributed by atoms with E-state index in [0.717, 1.165) is 6.20 Å². The predicted molar refractivity (Wildman–Crippen MR) is 57.0 cm³/mol. The standard InChI is InChI=1S/C9H8BrFN4O/c1-15-7(9(10)13-14-15)8(16)5-2-6(11)4-12-3-5/h2-4,8,16H,1H3. The largest absolute Gasteiger partial charge is 0.382 e. The van der Waals surface area contributed by atoms with Crippen LogP contribution in [-0.4, -0.2) is 25.1 Å². The molecule has 1 atom stereocenters. The van der Waals surface area contributed by atoms with Crippen LogP contribution in [0.3, 0.4) is 0 Å². The Morgan fingerprint density at radius 2 is 2.25 bits per heavy atom. The maximum absolute atomic E-state index is 12.9. The molecule has 0 spiro atoms. The first-order valence-corrected chi connectivity index (χ1v) is 5.22. The molecular weight excluding hydrogens is 279 g/mol. The van der Waals surface area contributed by atoms with Gasteiger partial charge in [0.25, 0.3) is 0 Å². The molecule has 0 saturated heterocycles. The Balaban J connectivity index is 2.43. The molecule has 2 aromatic rings. The lowest BCUT2D eigenvalue weighted by molar-refractivity contribution is 0.208. The zero-order valence-corrected chi connectivity index (χ0v) is 9.89. The lowest BCUT2D eigenvalue weighted by Gasteiger charge is -2.10. The van der Waals surface area contributed by atoms with E-state index in [1.165, 1.54) is 16.9 Å². The first-order chi connectivity index (χ1) is 7.59. The highest BCUT2D eigenvalue weighted by Crippen LogP contribution is 2.26. The minimum atomic E-state index is -1.02. The minimum Gasteiger partial charge on any atom is -0.382 e. The van der Waals surface area contributed by atoms with E-state index in [1.807, 2.05) is 0 Å². The first kappa shape index (κ1) is 11.2. The number of aryl methyl sites for hydroxylation is 1. The molecule has 0 aliphatic carbocycles. The van der Waals surface area contributed by atoms with Gasteiger partial charge in [-0.25, -0.2) is 9.07 Å². The van der Waals surface area contributed by atoms with Crippen LogP contribution in [0.5, 0.6) is 0 Å². The zero-order chi connectivity index (χ0) is 11.7. The molecule has 0 saturated carbocycles. The third kappa shape index (κ3) is 1.96. The van der Waals surface area contributed by atoms with Gasteiger partial charge in [0.2, 0.25) is 0 Å². The fourth-order valence-corrected chi connectivity index (χ4v) is 1.91. The first-order valence-electron chi connectivity index (χ1n) is 4.43. The van der Waals surface area contributed by atoms with Crippen LogP contribution in [0.1, 0.15) is 17.4 Å². The monoisotopic (exact) mass is 286 g/mol. The average Bonchev–Trinajstić information content (AvgIpc) is 2.58. The summed E-state index contributed by atoms with van der Waals surface area (Å²) in [6.07, 6.45) is 1.46. The number of aliphatic hydroxyl groups is 1. The van der Waals surface area contributed by atoms with E-state index in [0.29, 0.717) is 15.9 Å². The van der Waals surface area contributed by atoms with Gasteiger partial charge in [-0.1, -0.05) is 5.21 Å². The highest BCUT2D eigenvalue weighted by Gasteiger charge is 2.20. The van der Waals surface area contributed by atoms with E-state index in [4.69, 9.17) is 0 Å². The molecule has 0 radical (unpaired) electrons. The van der Waals surface area contributed by atoms with Crippen molar-refractivity contribution in [1.82, 2.24) is 20.0 Å². The van der Waals surface area contributed by atoms with Gasteiger partial charge in [0, 0.05) is 18.8 Å². The summed E-state index contributed by atoms with van der Waals surface area (Å²) in [6.45, 7) is 0. The summed E-state index contributed by atoms with van der Waals surface area (Å²) < 4.78 is 14.8. The number of aliphatic hydroxyl groups excluding tert-OH is 1. The van der Waals surface area contributed by atoms with Gasteiger partial charge in [-0.15, -0.1) is 5.10 Å². The van der Waals surface area contributed by atoms with Crippen LogP contribution in [0.2, 0.25) is 0 Å². The molecule has 0 fully saturated rings. The van der Waals surface area contributed by atoms with Crippen molar-refractivity contribution in [1.29, 1.82) is 0 Å². The van der Waals surface area contributed by atoms with Gasteiger partial charge in [-0.05, 0) is 22.0 Å². The summed E-state index contributed by atoms with van der Waals surface area (Å²) >= 11 is 3.16. The predicted octanol–water partition coefficient (Wildman–Crippen LogP) is 1.19. The minimum absolute atomic E-state index is 0.353. The van der Waals surface area contributed by atoms with Crippen LogP contribution in [0.4, 0.5) is 4.39 Å². The lowest BCUT2D eigenvalue weighted by Crippen LogP contribution is -2.07. The number of aromatic nitrogens is 4. The number of rotatable bonds is 2. The van der Waals surface area contributed by atoms with Gasteiger partial charge in [0.15, 0.2) is 4.60 Å². The van der Waals surface area contributed by atoms with Gasteiger partial charge < -0.3 is 5.11 Å². The Morgan fingerprint density at radius 3 is 2.81 bits per heavy atom. The second kappa shape index (κ2) is 4.26. The number of hydrogen-bond donors (Lipinski definition) is 1. The summed E-state index contributed by atoms with van der Waals surface area (Å²) in [5.74, 6) is -0.497. The van der Waals surface area contributed by atoms with Crippen LogP contribution in [0, 0.1) is 5.82 Å². The van der Waals surface area contributed by atoms with Crippen LogP contribution < -0.4 is 0 Å². The van der Waals surface area contributed by atoms with Crippen LogP contribution >= 0.6 is 15.9 Å². The molecule has 2 heterocycles. The molecule has 1 N–H and O–H groups in total. The summed E-state index contributed by atoms with van der Waals surface area (Å²) in [4.78, 5) is 3.67. The summed E-state index contributed by atoms with van der Waals surface area (Å²) in [7, 11) is 1.64. The van der Waals surface area contributed by atoms with Crippen molar-refractivity contribution in [3.63, 3.8) is 0 Å². The number of pyridine rings is 1. The molecule has 2 rings (SSSR count). The van der Waals surface area contributed by atoms with Crippen molar-refractivity contribution >= 4 is 15.9 Å². The van der Waals surface area contributed by atoms with Crippen LogP contribution in [0.25, 0.3) is 0 Å². The van der Waals surface area contributed by atoms with Crippen LogP contribution in [0.15, 0.2) is 23.1 Å². The van der Waals surface area contributed by atoms with E-state index in [1.54, 1.807) is 7.05 Å². The van der Waals surface area contributed by atoms with Crippen molar-refractivity contribution in [2.75, 3.05) is 0 Å². The third-order valence-corrected chi connectivity index (χ3v) is 2.69. The molecule has 0 amide bonds. The molecule has 7 heteroatoms. The fraction of sp³-hybridized carbons (Fsp3) is 0.222. The van der Waals surface area contributed by atoms with Gasteiger partial charge in [-0.3, -0.25) is 4.98 Å². The Kier molecular flexibility index (Phi) is 2.97. The molecule has 0 aliphatic rings. The van der Waals surface area contributed by atoms with Gasteiger partial charge in [0.1, 0.15) is 17.6 Å². The van der Waals surface area contributed by atoms with Gasteiger partial charge >= 0.3 is 0 Å². The highest BCUT2D eigenvalue weighted by molar-refractivity contribution is 9.10. The van der Waals surface area contributed by atoms with E-state index >= 15 is 0 Å². The van der Waals surface area contributed by atoms with Crippen molar-refractivity contribution in [3.8, 4) is 0 Å². The van der Waals surface area contributed by atoms with Crippen molar-refractivity contribution in [2.24, 2.45) is 7.05 Å². The second-order valence-corrected chi connectivity index (χ2v) is 3.98. The molecule has 1 unspecified atom stereocenters. The summed E-state index contributed by atoms with van der Waals surface area (Å²) in [6, 6.07) is 1.22. The molecule has 0 aromatic carbocycles. The Bertz CT molecular complexity index is 496. The maximum atomic E-state index is 12.9. The van der Waals surface area contributed by atoms with E-state index in [9.17, 15) is 9.50 Å². The van der Waals surface area contributed by atoms with Crippen molar-refractivity contribution in [3.05, 3.63) is 40.1 Å². The maximum Gasteiger partial charge on any atom is 0.154 e. The molecular formula is C9H8BrFN4O. The normalized spacial score (nSPS) is 12.8. The van der Waals surface area contributed by atoms with E-state index in [-0.39, 0.29) is 0 Å². The van der Waals surface area contributed by atoms with E-state index in [2.05, 4.69) is 31.2 Å². The fourth-order valence-electron chi connectivity index (χ4n) is 1.36. The Morgan fingerprint density at radius 1 is 1.50 bits per heavy atom. The Labute approximate surface area is 99.1 Å². The number of halogens is 2. The number of hydrogen-bond acceptors (Lipinski definition) is 4. The van der Waals surface area contributed by atoms with Gasteiger partial charge in [0.05, 0.1) is 6.20 Å². The second-order valence-electron chi connectivity index (χ2n) is 3.23. The average molecular weight is 287 g/mol. The molecule has 0 aliphatic heterocycles. The van der Waals surface area contributed by atoms with Crippen LogP contribution in [-0.2, 0) is 7.05 Å². The van der Waals surface area contributed by atoms with Gasteiger partial charge in [-0.2, -0.15) is 0 Å². The lowest BCUT2D eigenvalue weighted by atomic mass is 10.1. The van der Waals surface area contributed by atoms with E-state index < -0.39 is 11.9 Å². The topological polar surface area (TPSA) is 63.8 Å². The quantitative estimate of drug-likeness (QED) is 0.901. The smallest absolute Gasteiger partial charge is 0.154 e. The highest BCUT2D eigenvalue weighted by atomic mass is 79.9. The molecule has 16 heavy (non-hydrogen) atoms. The zero-order valence-electron chi connectivity index (χ0n) is 8.30. The van der Waals surface area contributed by atoms with Crippen molar-refractivity contribution < 1.29 is 9.50 Å². The molecule has 2 aromatic heterocycles. The Hall–Kier alpha value is -1.34. The molecule has 0 bridgehead atoms. The summed E-state index contributed by atoms with van der Waals surface area (Å²) in [5.41, 5.74) is 0.804. The molecule has 5 nitrogen and oxygen atoms in total.